The number of carbonyl (C=O) groups is 2. The van der Waals surface area contributed by atoms with Crippen LogP contribution in [0.5, 0.6) is 0 Å². The molecule has 9 aromatic heterocycles. The highest BCUT2D eigenvalue weighted by atomic mass is 16.6. The van der Waals surface area contributed by atoms with E-state index in [1.165, 1.54) is 49.3 Å². The third-order valence-electron chi connectivity index (χ3n) is 24.9. The van der Waals surface area contributed by atoms with E-state index in [1.54, 1.807) is 74.7 Å². The van der Waals surface area contributed by atoms with Crippen molar-refractivity contribution in [3.05, 3.63) is 249 Å². The van der Waals surface area contributed by atoms with Crippen molar-refractivity contribution in [2.75, 3.05) is 62.1 Å². The van der Waals surface area contributed by atoms with E-state index in [1.807, 2.05) is 60.4 Å². The van der Waals surface area contributed by atoms with E-state index >= 15 is 0 Å². The minimum absolute atomic E-state index is 0.00795. The lowest BCUT2D eigenvalue weighted by Gasteiger charge is -2.36. The highest BCUT2D eigenvalue weighted by molar-refractivity contribution is 5.80. The molecule has 0 atom stereocenters. The molecule has 0 unspecified atom stereocenters. The number of carbonyl (C=O) groups excluding carboxylic acids is 2. The summed E-state index contributed by atoms with van der Waals surface area (Å²) in [7, 11) is 0. The number of pyridine rings is 3. The van der Waals surface area contributed by atoms with Gasteiger partial charge >= 0.3 is 12.1 Å². The second-order valence-corrected chi connectivity index (χ2v) is 32.9. The Labute approximate surface area is 713 Å². The molecule has 4 saturated carbocycles. The Kier molecular flexibility index (Phi) is 23.9. The predicted octanol–water partition coefficient (Wildman–Crippen LogP) is 12.6. The number of ether oxygens (including phenoxy) is 4. The van der Waals surface area contributed by atoms with Crippen LogP contribution in [0.3, 0.4) is 0 Å². The molecule has 7 aliphatic rings. The van der Waals surface area contributed by atoms with E-state index < -0.39 is 16.8 Å². The minimum Gasteiger partial charge on any atom is -0.466 e. The summed E-state index contributed by atoms with van der Waals surface area (Å²) in [5.41, 5.74) is 4.99. The molecule has 12 heterocycles. The number of esters is 1. The van der Waals surface area contributed by atoms with Gasteiger partial charge in [-0.05, 0) is 210 Å². The molecule has 7 fully saturated rings. The molecular weight excluding hydrogens is 1580 g/mol. The zero-order valence-electron chi connectivity index (χ0n) is 69.0. The number of benzene rings is 3. The standard InChI is InChI=1S/C32H36N6O4.C31H33N7O5.C29H29N7O3/c1-3-19-37-29(39)25-20-33-31(36-28(25)38(37)27-8-5-7-26(35-27)32(41)17-6-18-32)34-24-15-13-22(14-16-24)21-9-11-23(12-10-21)30(40)42-4-2;1-2-14-37-28(39)24-17-32-29(35-27(24)38(37)26-5-3-4-25(34-26)31(41)18-42-19-31)33-22-10-6-20(7-11-22)21-8-12-23(13-9-21)36-15-16-43-30(36)40;1-2-14-35-27(37)23-16-31-28(32-22-12-10-21(11-13-22)20-8-6-19(15-30)7-9-20)34-26(23)36(35)25-5-3-4-24(33-25)29(38)17-39-18-29/h3,5,7-8,13-16,20-21,23,41H,1,4,6,9-12,17-19H2,2H3,(H,33,34,36);2-7,10-11,17,21,23,41H,1,8-9,12-16,18-19H2,(H,32,33,35);2-5,10-13,16,19-20,38H,1,6-9,14,17-18H2,(H,31,32,34). The first-order chi connectivity index (χ1) is 60.3. The average molecular weight is 1680 g/mol. The summed E-state index contributed by atoms with van der Waals surface area (Å²) in [6.07, 6.45) is 23.2. The number of anilines is 6. The number of allylic oxidation sites excluding steroid dienone is 3. The molecule has 3 aliphatic heterocycles. The van der Waals surface area contributed by atoms with E-state index in [-0.39, 0.29) is 92.7 Å². The van der Waals surface area contributed by atoms with Crippen molar-refractivity contribution in [3.8, 4) is 23.5 Å². The molecule has 1 amide bonds. The normalized spacial score (nSPS) is 20.4. The SMILES string of the molecule is C=CCn1c(=O)c2cnc(Nc3ccc(C4CCC(C#N)CC4)cc3)nc2n1-c1cccc(C2(O)COC2)n1.C=CCn1c(=O)c2cnc(Nc3ccc(C4CCC(C(=O)OCC)CC4)cc3)nc2n1-c1cccc(C2(O)CCC2)n1.C=CCn1c(=O)c2cnc(Nc3ccc(C4CCC(N5CCOC5=O)CC4)cc3)nc2n1-c1cccc(C2(O)COC2)n1. The third kappa shape index (κ3) is 16.9. The van der Waals surface area contributed by atoms with Crippen molar-refractivity contribution in [1.29, 1.82) is 5.26 Å². The van der Waals surface area contributed by atoms with E-state index in [0.29, 0.717) is 136 Å². The van der Waals surface area contributed by atoms with Crippen LogP contribution in [-0.4, -0.2) is 157 Å². The smallest absolute Gasteiger partial charge is 0.410 e. The number of nitriles is 1. The van der Waals surface area contributed by atoms with Gasteiger partial charge in [-0.15, -0.1) is 19.7 Å². The minimum atomic E-state index is -1.16. The maximum atomic E-state index is 13.3. The van der Waals surface area contributed by atoms with Gasteiger partial charge in [0, 0.05) is 47.6 Å². The van der Waals surface area contributed by atoms with E-state index in [9.17, 15) is 39.3 Å². The lowest BCUT2D eigenvalue weighted by atomic mass is 9.77. The second kappa shape index (κ2) is 35.7. The van der Waals surface area contributed by atoms with Crippen molar-refractivity contribution in [2.24, 2.45) is 11.8 Å². The van der Waals surface area contributed by atoms with Crippen molar-refractivity contribution in [2.45, 2.75) is 163 Å². The lowest BCUT2D eigenvalue weighted by Crippen LogP contribution is -2.47. The van der Waals surface area contributed by atoms with Crippen molar-refractivity contribution in [1.82, 2.24) is 77.8 Å². The summed E-state index contributed by atoms with van der Waals surface area (Å²) in [5, 5.41) is 52.4. The first-order valence-corrected chi connectivity index (χ1v) is 42.5. The van der Waals surface area contributed by atoms with Gasteiger partial charge in [-0.2, -0.15) is 20.2 Å². The Balaban J connectivity index is 0.000000132. The Morgan fingerprint density at radius 2 is 0.863 bits per heavy atom. The van der Waals surface area contributed by atoms with Gasteiger partial charge in [-0.1, -0.05) is 72.8 Å². The van der Waals surface area contributed by atoms with Crippen LogP contribution in [0.15, 0.2) is 198 Å². The van der Waals surface area contributed by atoms with Gasteiger partial charge in [0.05, 0.1) is 88.3 Å². The molecule has 3 saturated heterocycles. The summed E-state index contributed by atoms with van der Waals surface area (Å²) >= 11 is 0. The Morgan fingerprint density at radius 1 is 0.500 bits per heavy atom. The summed E-state index contributed by atoms with van der Waals surface area (Å²) < 4.78 is 30.2. The van der Waals surface area contributed by atoms with Crippen LogP contribution in [0, 0.1) is 23.2 Å². The van der Waals surface area contributed by atoms with Crippen LogP contribution < -0.4 is 32.6 Å². The largest absolute Gasteiger partial charge is 0.466 e. The van der Waals surface area contributed by atoms with Crippen LogP contribution >= 0.6 is 0 Å². The molecule has 32 nitrogen and oxygen atoms in total. The summed E-state index contributed by atoms with van der Waals surface area (Å²) in [5.74, 6) is 3.87. The molecule has 32 heteroatoms. The molecule has 124 heavy (non-hydrogen) atoms. The number of aliphatic hydroxyl groups is 3. The van der Waals surface area contributed by atoms with Gasteiger partial charge in [0.15, 0.2) is 45.6 Å². The molecular formula is C92H98N20O12. The number of hydrogen-bond acceptors (Lipinski definition) is 25. The fraction of sp³-hybridized carbons (Fsp3) is 0.380. The molecule has 638 valence electrons. The van der Waals surface area contributed by atoms with Gasteiger partial charge < -0.3 is 55.1 Å². The molecule has 0 radical (unpaired) electrons. The quantitative estimate of drug-likeness (QED) is 0.0242. The topological polar surface area (TPSA) is 392 Å². The van der Waals surface area contributed by atoms with Gasteiger partial charge in [0.1, 0.15) is 28.4 Å². The molecule has 0 spiro atoms. The number of cyclic esters (lactones) is 1. The number of fused-ring (bicyclic) bond motifs is 3. The third-order valence-corrected chi connectivity index (χ3v) is 24.9. The van der Waals surface area contributed by atoms with Crippen LogP contribution in [0.4, 0.5) is 39.7 Å². The van der Waals surface area contributed by atoms with Crippen molar-refractivity contribution >= 4 is 80.1 Å². The van der Waals surface area contributed by atoms with Crippen molar-refractivity contribution < 1.29 is 43.9 Å². The number of amides is 1. The lowest BCUT2D eigenvalue weighted by molar-refractivity contribution is -0.186. The zero-order chi connectivity index (χ0) is 85.8. The molecule has 3 aromatic carbocycles. The van der Waals surface area contributed by atoms with Crippen molar-refractivity contribution in [3.63, 3.8) is 0 Å². The fourth-order valence-electron chi connectivity index (χ4n) is 17.7. The maximum absolute atomic E-state index is 13.3. The molecule has 0 bridgehead atoms. The van der Waals surface area contributed by atoms with Gasteiger partial charge in [0.25, 0.3) is 16.7 Å². The van der Waals surface area contributed by atoms with E-state index in [0.717, 1.165) is 101 Å². The van der Waals surface area contributed by atoms with Crippen LogP contribution in [0.25, 0.3) is 50.6 Å². The number of nitrogens with one attached hydrogen (secondary N) is 3. The fourth-order valence-corrected chi connectivity index (χ4v) is 17.7. The maximum Gasteiger partial charge on any atom is 0.410 e. The number of aromatic nitrogens is 15. The summed E-state index contributed by atoms with van der Waals surface area (Å²) in [6, 6.07) is 43.4. The first kappa shape index (κ1) is 83.1. The second-order valence-electron chi connectivity index (χ2n) is 32.9. The molecule has 19 rings (SSSR count). The Hall–Kier alpha value is -13.2. The first-order valence-electron chi connectivity index (χ1n) is 42.5. The van der Waals surface area contributed by atoms with E-state index in [2.05, 4.69) is 103 Å². The highest BCUT2D eigenvalue weighted by Gasteiger charge is 2.43. The Bertz CT molecular complexity index is 6210. The molecule has 4 aliphatic carbocycles. The Morgan fingerprint density at radius 3 is 1.18 bits per heavy atom. The van der Waals surface area contributed by atoms with Crippen LogP contribution in [0.1, 0.15) is 155 Å². The summed E-state index contributed by atoms with van der Waals surface area (Å²) in [4.78, 5) is 107. The van der Waals surface area contributed by atoms with E-state index in [4.69, 9.17) is 44.1 Å². The average Bonchev–Trinajstić information content (AvgIpc) is 1.58. The number of rotatable bonds is 24. The van der Waals surface area contributed by atoms with Gasteiger partial charge in [-0.25, -0.2) is 62.8 Å². The van der Waals surface area contributed by atoms with Crippen LogP contribution in [0.2, 0.25) is 0 Å². The zero-order valence-corrected chi connectivity index (χ0v) is 69.0. The van der Waals surface area contributed by atoms with Gasteiger partial charge in [-0.3, -0.25) is 19.2 Å². The monoisotopic (exact) mass is 1670 g/mol. The highest BCUT2D eigenvalue weighted by Crippen LogP contribution is 2.43. The molecule has 12 aromatic rings. The summed E-state index contributed by atoms with van der Waals surface area (Å²) in [6.45, 7) is 16.3. The predicted molar refractivity (Wildman–Crippen MR) is 464 cm³/mol. The number of nitrogens with zero attached hydrogens (tertiary/aromatic N) is 17. The van der Waals surface area contributed by atoms with Gasteiger partial charge in [0.2, 0.25) is 17.8 Å². The van der Waals surface area contributed by atoms with Crippen LogP contribution in [-0.2, 0) is 60.2 Å². The molecule has 6 N–H and O–H groups in total. The number of hydrogen-bond donors (Lipinski definition) is 6.